The van der Waals surface area contributed by atoms with Crippen molar-refractivity contribution in [2.24, 2.45) is 0 Å². The molecule has 0 aromatic heterocycles. The van der Waals surface area contributed by atoms with Crippen LogP contribution < -0.4 is 18.4 Å². The minimum absolute atomic E-state index is 0.0631. The van der Waals surface area contributed by atoms with E-state index in [0.717, 1.165) is 0 Å². The van der Waals surface area contributed by atoms with E-state index in [1.807, 2.05) is 0 Å². The molecule has 2 aromatic carbocycles. The van der Waals surface area contributed by atoms with Crippen molar-refractivity contribution < 1.29 is 31.6 Å². The molecule has 128 valence electrons. The second-order valence-corrected chi connectivity index (χ2v) is 6.13. The van der Waals surface area contributed by atoms with Crippen molar-refractivity contribution >= 4 is 16.4 Å². The van der Waals surface area contributed by atoms with E-state index in [0.29, 0.717) is 12.0 Å². The number of aldehydes is 1. The lowest BCUT2D eigenvalue weighted by molar-refractivity contribution is 0.112. The van der Waals surface area contributed by atoms with Crippen molar-refractivity contribution in [1.82, 2.24) is 0 Å². The molecule has 0 aliphatic rings. The lowest BCUT2D eigenvalue weighted by Crippen LogP contribution is -2.11. The van der Waals surface area contributed by atoms with Crippen molar-refractivity contribution in [2.75, 3.05) is 21.3 Å². The smallest absolute Gasteiger partial charge is 0.339 e. The normalized spacial score (nSPS) is 10.8. The van der Waals surface area contributed by atoms with Crippen LogP contribution in [-0.2, 0) is 10.1 Å². The highest BCUT2D eigenvalue weighted by molar-refractivity contribution is 7.87. The number of carbonyl (C=O) groups is 1. The molecule has 0 N–H and O–H groups in total. The number of hydrogen-bond donors (Lipinski definition) is 0. The first-order valence-corrected chi connectivity index (χ1v) is 8.15. The first-order valence-electron chi connectivity index (χ1n) is 6.75. The number of methoxy groups -OCH3 is 3. The van der Waals surface area contributed by atoms with Gasteiger partial charge < -0.3 is 18.4 Å². The molecule has 0 aliphatic heterocycles. The second-order valence-electron chi connectivity index (χ2n) is 4.59. The Morgan fingerprint density at radius 3 is 1.83 bits per heavy atom. The molecule has 0 amide bonds. The topological polar surface area (TPSA) is 88.1 Å². The van der Waals surface area contributed by atoms with Gasteiger partial charge in [-0.05, 0) is 36.4 Å². The first kappa shape index (κ1) is 17.6. The van der Waals surface area contributed by atoms with Gasteiger partial charge in [-0.25, -0.2) is 0 Å². The summed E-state index contributed by atoms with van der Waals surface area (Å²) in [5, 5.41) is 0. The average molecular weight is 352 g/mol. The molecule has 24 heavy (non-hydrogen) atoms. The van der Waals surface area contributed by atoms with Gasteiger partial charge in [0.2, 0.25) is 5.75 Å². The van der Waals surface area contributed by atoms with E-state index in [-0.39, 0.29) is 27.7 Å². The molecule has 7 nitrogen and oxygen atoms in total. The molecular weight excluding hydrogens is 336 g/mol. The first-order chi connectivity index (χ1) is 11.4. The summed E-state index contributed by atoms with van der Waals surface area (Å²) in [5.74, 6) is 0.503. The van der Waals surface area contributed by atoms with Gasteiger partial charge in [-0.3, -0.25) is 4.79 Å². The second kappa shape index (κ2) is 7.22. The third kappa shape index (κ3) is 3.60. The molecule has 2 aromatic rings. The van der Waals surface area contributed by atoms with Gasteiger partial charge in [0.15, 0.2) is 11.5 Å². The van der Waals surface area contributed by atoms with Gasteiger partial charge in [-0.1, -0.05) is 0 Å². The van der Waals surface area contributed by atoms with Crippen LogP contribution in [0, 0.1) is 0 Å². The summed E-state index contributed by atoms with van der Waals surface area (Å²) in [6.45, 7) is 0. The molecule has 0 aliphatic carbocycles. The quantitative estimate of drug-likeness (QED) is 0.558. The zero-order valence-electron chi connectivity index (χ0n) is 13.3. The molecule has 0 atom stereocenters. The predicted molar refractivity (Wildman–Crippen MR) is 85.7 cm³/mol. The van der Waals surface area contributed by atoms with E-state index in [4.69, 9.17) is 18.4 Å². The maximum Gasteiger partial charge on any atom is 0.339 e. The highest BCUT2D eigenvalue weighted by atomic mass is 32.2. The summed E-state index contributed by atoms with van der Waals surface area (Å²) >= 11 is 0. The lowest BCUT2D eigenvalue weighted by atomic mass is 10.2. The standard InChI is InChI=1S/C16H16O7S/c1-20-12-4-6-13(7-5-12)24(18,19)23-16-14(21-2)8-11(10-17)9-15(16)22-3/h4-10H,1-3H3. The molecule has 8 heteroatoms. The van der Waals surface area contributed by atoms with Crippen LogP contribution in [0.4, 0.5) is 0 Å². The third-order valence-electron chi connectivity index (χ3n) is 3.16. The van der Waals surface area contributed by atoms with Crippen LogP contribution in [0.5, 0.6) is 23.0 Å². The Bertz CT molecular complexity index is 801. The van der Waals surface area contributed by atoms with Gasteiger partial charge in [-0.2, -0.15) is 8.42 Å². The van der Waals surface area contributed by atoms with E-state index in [9.17, 15) is 13.2 Å². The Morgan fingerprint density at radius 2 is 1.42 bits per heavy atom. The van der Waals surface area contributed by atoms with Crippen molar-refractivity contribution in [1.29, 1.82) is 0 Å². The van der Waals surface area contributed by atoms with Gasteiger partial charge in [0.25, 0.3) is 0 Å². The highest BCUT2D eigenvalue weighted by Gasteiger charge is 2.23. The zero-order chi connectivity index (χ0) is 17.7. The molecule has 2 rings (SSSR count). The number of rotatable bonds is 7. The van der Waals surface area contributed by atoms with Crippen LogP contribution in [-0.4, -0.2) is 36.0 Å². The van der Waals surface area contributed by atoms with Gasteiger partial charge >= 0.3 is 10.1 Å². The largest absolute Gasteiger partial charge is 0.497 e. The monoisotopic (exact) mass is 352 g/mol. The molecule has 0 spiro atoms. The summed E-state index contributed by atoms with van der Waals surface area (Å²) in [7, 11) is 0.00872. The molecule has 0 fully saturated rings. The van der Waals surface area contributed by atoms with Crippen molar-refractivity contribution in [3.63, 3.8) is 0 Å². The molecule has 0 saturated heterocycles. The Labute approximate surface area is 139 Å². The third-order valence-corrected chi connectivity index (χ3v) is 4.40. The molecule has 0 unspecified atom stereocenters. The zero-order valence-corrected chi connectivity index (χ0v) is 14.1. The summed E-state index contributed by atoms with van der Waals surface area (Å²) in [6.07, 6.45) is 0.590. The molecule has 0 saturated carbocycles. The average Bonchev–Trinajstić information content (AvgIpc) is 2.61. The minimum Gasteiger partial charge on any atom is -0.497 e. The molecule has 0 bridgehead atoms. The SMILES string of the molecule is COc1ccc(S(=O)(=O)Oc2c(OC)cc(C=O)cc2OC)cc1. The molecule has 0 heterocycles. The van der Waals surface area contributed by atoms with E-state index in [2.05, 4.69) is 0 Å². The fourth-order valence-corrected chi connectivity index (χ4v) is 2.90. The van der Waals surface area contributed by atoms with Crippen molar-refractivity contribution in [3.8, 4) is 23.0 Å². The minimum atomic E-state index is -4.13. The Kier molecular flexibility index (Phi) is 5.30. The van der Waals surface area contributed by atoms with Crippen LogP contribution in [0.2, 0.25) is 0 Å². The van der Waals surface area contributed by atoms with E-state index in [1.54, 1.807) is 0 Å². The van der Waals surface area contributed by atoms with E-state index >= 15 is 0 Å². The van der Waals surface area contributed by atoms with Crippen LogP contribution in [0.15, 0.2) is 41.3 Å². The molecular formula is C16H16O7S. The van der Waals surface area contributed by atoms with Gasteiger partial charge in [0.1, 0.15) is 16.9 Å². The number of hydrogen-bond acceptors (Lipinski definition) is 7. The van der Waals surface area contributed by atoms with Crippen LogP contribution >= 0.6 is 0 Å². The fourth-order valence-electron chi connectivity index (χ4n) is 1.95. The maximum absolute atomic E-state index is 12.4. The summed E-state index contributed by atoms with van der Waals surface area (Å²) < 4.78 is 45.3. The number of ether oxygens (including phenoxy) is 3. The predicted octanol–water partition coefficient (Wildman–Crippen LogP) is 2.29. The maximum atomic E-state index is 12.4. The Hall–Kier alpha value is -2.74. The summed E-state index contributed by atoms with van der Waals surface area (Å²) in [6, 6.07) is 8.42. The van der Waals surface area contributed by atoms with E-state index < -0.39 is 10.1 Å². The van der Waals surface area contributed by atoms with Gasteiger partial charge in [0.05, 0.1) is 21.3 Å². The summed E-state index contributed by atoms with van der Waals surface area (Å²) in [4.78, 5) is 10.9. The number of carbonyl (C=O) groups excluding carboxylic acids is 1. The summed E-state index contributed by atoms with van der Waals surface area (Å²) in [5.41, 5.74) is 0.262. The van der Waals surface area contributed by atoms with Gasteiger partial charge in [-0.15, -0.1) is 0 Å². The molecule has 0 radical (unpaired) electrons. The van der Waals surface area contributed by atoms with Crippen LogP contribution in [0.25, 0.3) is 0 Å². The van der Waals surface area contributed by atoms with Crippen LogP contribution in [0.1, 0.15) is 10.4 Å². The Balaban J connectivity index is 2.46. The van der Waals surface area contributed by atoms with Crippen molar-refractivity contribution in [3.05, 3.63) is 42.0 Å². The lowest BCUT2D eigenvalue weighted by Gasteiger charge is -2.14. The van der Waals surface area contributed by atoms with Crippen molar-refractivity contribution in [2.45, 2.75) is 4.90 Å². The highest BCUT2D eigenvalue weighted by Crippen LogP contribution is 2.40. The fraction of sp³-hybridized carbons (Fsp3) is 0.188. The van der Waals surface area contributed by atoms with Gasteiger partial charge in [0, 0.05) is 5.56 Å². The number of benzene rings is 2. The van der Waals surface area contributed by atoms with Crippen LogP contribution in [0.3, 0.4) is 0 Å². The van der Waals surface area contributed by atoms with E-state index in [1.165, 1.54) is 57.7 Å². The Morgan fingerprint density at radius 1 is 0.875 bits per heavy atom.